The van der Waals surface area contributed by atoms with E-state index in [4.69, 9.17) is 0 Å². The summed E-state index contributed by atoms with van der Waals surface area (Å²) < 4.78 is 44.6. The van der Waals surface area contributed by atoms with Crippen LogP contribution in [0.1, 0.15) is 27.0 Å². The molecule has 5 nitrogen and oxygen atoms in total. The molecule has 0 unspecified atom stereocenters. The third-order valence-corrected chi connectivity index (χ3v) is 6.55. The summed E-state index contributed by atoms with van der Waals surface area (Å²) in [7, 11) is -8.16. The number of thiol groups is 1. The molecule has 0 heterocycles. The molecule has 0 aliphatic rings. The molecule has 0 aromatic heterocycles. The summed E-state index contributed by atoms with van der Waals surface area (Å²) in [5, 5.41) is 0. The Labute approximate surface area is 142 Å². The van der Waals surface area contributed by atoms with E-state index in [1.807, 2.05) is 32.9 Å². The molecule has 2 aromatic rings. The maximum absolute atomic E-state index is 12.4. The zero-order valence-electron chi connectivity index (χ0n) is 13.6. The van der Waals surface area contributed by atoms with E-state index in [-0.39, 0.29) is 5.56 Å². The predicted octanol–water partition coefficient (Wildman–Crippen LogP) is 2.40. The van der Waals surface area contributed by atoms with Gasteiger partial charge in [0.2, 0.25) is 9.74 Å². The molecule has 0 spiro atoms. The molecular formula is C17H18O5S2. The van der Waals surface area contributed by atoms with Crippen molar-refractivity contribution in [1.82, 2.24) is 0 Å². The van der Waals surface area contributed by atoms with Crippen LogP contribution in [-0.4, -0.2) is 28.4 Å². The van der Waals surface area contributed by atoms with Gasteiger partial charge >= 0.3 is 0 Å². The summed E-state index contributed by atoms with van der Waals surface area (Å²) in [4.78, 5) is 12.4. The van der Waals surface area contributed by atoms with E-state index in [0.717, 1.165) is 22.3 Å². The van der Waals surface area contributed by atoms with Gasteiger partial charge in [0.1, 0.15) is 5.75 Å². The summed E-state index contributed by atoms with van der Waals surface area (Å²) in [6.07, 6.45) is 0. The van der Waals surface area contributed by atoms with Crippen molar-refractivity contribution in [2.75, 3.05) is 5.75 Å². The molecule has 0 saturated carbocycles. The molecule has 7 heteroatoms. The molecule has 0 fully saturated rings. The number of carbonyl (C=O) groups is 1. The summed E-state index contributed by atoms with van der Waals surface area (Å²) in [6, 6.07) is 10.6. The lowest BCUT2D eigenvalue weighted by Crippen LogP contribution is -2.17. The maximum atomic E-state index is 12.4. The maximum Gasteiger partial charge on any atom is 0.258 e. The molecule has 0 radical (unpaired) electrons. The van der Waals surface area contributed by atoms with Crippen LogP contribution in [0.3, 0.4) is 0 Å². The number of ketones is 1. The number of Topliss-reactive ketones (excluding diaryl/α,β-unsaturated/α-hetero) is 1. The van der Waals surface area contributed by atoms with E-state index in [0.29, 0.717) is 5.56 Å². The minimum atomic E-state index is -4.47. The molecule has 0 aliphatic carbocycles. The fourth-order valence-electron chi connectivity index (χ4n) is 2.85. The van der Waals surface area contributed by atoms with E-state index in [2.05, 4.69) is 0 Å². The van der Waals surface area contributed by atoms with Gasteiger partial charge in [0, 0.05) is 5.56 Å². The predicted molar refractivity (Wildman–Crippen MR) is 94.5 cm³/mol. The van der Waals surface area contributed by atoms with E-state index in [9.17, 15) is 21.6 Å². The number of hydrogen-bond acceptors (Lipinski definition) is 5. The first-order valence-electron chi connectivity index (χ1n) is 7.21. The Morgan fingerprint density at radius 2 is 1.54 bits per heavy atom. The van der Waals surface area contributed by atoms with Crippen LogP contribution in [0, 0.1) is 20.8 Å². The Morgan fingerprint density at radius 3 is 2.08 bits per heavy atom. The van der Waals surface area contributed by atoms with E-state index in [1.165, 1.54) is 6.07 Å². The van der Waals surface area contributed by atoms with Crippen molar-refractivity contribution >= 4 is 24.4 Å². The van der Waals surface area contributed by atoms with Crippen molar-refractivity contribution in [3.05, 3.63) is 58.7 Å². The van der Waals surface area contributed by atoms with Crippen LogP contribution in [0.4, 0.5) is 0 Å². The van der Waals surface area contributed by atoms with Gasteiger partial charge in [-0.15, -0.1) is 0 Å². The van der Waals surface area contributed by atoms with Crippen LogP contribution in [0.25, 0.3) is 11.1 Å². The first-order chi connectivity index (χ1) is 11.1. The van der Waals surface area contributed by atoms with Crippen LogP contribution >= 0.6 is 0 Å². The molecule has 2 aromatic carbocycles. The summed E-state index contributed by atoms with van der Waals surface area (Å²) in [5.41, 5.74) is 4.68. The van der Waals surface area contributed by atoms with Gasteiger partial charge in [0.15, 0.2) is 5.78 Å². The normalized spacial score (nSPS) is 11.7. The third-order valence-electron chi connectivity index (χ3n) is 3.71. The number of rotatable bonds is 5. The Balaban J connectivity index is 2.59. The fraction of sp³-hybridized carbons (Fsp3) is 0.235. The fourth-order valence-corrected chi connectivity index (χ4v) is 4.11. The third kappa shape index (κ3) is 3.73. The van der Waals surface area contributed by atoms with E-state index in [1.54, 1.807) is 18.2 Å². The van der Waals surface area contributed by atoms with Crippen LogP contribution in [0.5, 0.6) is 0 Å². The first kappa shape index (κ1) is 18.4. The van der Waals surface area contributed by atoms with Gasteiger partial charge in [-0.2, -0.15) is 0 Å². The molecule has 0 aliphatic heterocycles. The van der Waals surface area contributed by atoms with E-state index < -0.39 is 30.1 Å². The second kappa shape index (κ2) is 6.86. The first-order valence-corrected chi connectivity index (χ1v) is 10.6. The zero-order chi connectivity index (χ0) is 18.1. The topological polar surface area (TPSA) is 85.3 Å². The van der Waals surface area contributed by atoms with Gasteiger partial charge in [-0.1, -0.05) is 42.0 Å². The number of carbonyl (C=O) groups excluding carboxylic acids is 1. The molecule has 0 N–H and O–H groups in total. The molecule has 0 amide bonds. The van der Waals surface area contributed by atoms with Crippen LogP contribution in [-0.2, 0) is 18.6 Å². The highest BCUT2D eigenvalue weighted by Crippen LogP contribution is 2.31. The SMILES string of the molecule is Cc1cc(C)c(-c2ccccc2C(=O)CS(=O)(=O)[SH](=O)=O)c(C)c1. The number of benzene rings is 2. The largest absolute Gasteiger partial charge is 0.293 e. The monoisotopic (exact) mass is 366 g/mol. The van der Waals surface area contributed by atoms with Crippen LogP contribution in [0.2, 0.25) is 0 Å². The highest BCUT2D eigenvalue weighted by Gasteiger charge is 2.23. The molecule has 0 bridgehead atoms. The highest BCUT2D eigenvalue weighted by atomic mass is 33.1. The number of hydrogen-bond donors (Lipinski definition) is 1. The van der Waals surface area contributed by atoms with Gasteiger partial charge in [0.25, 0.3) is 8.87 Å². The van der Waals surface area contributed by atoms with E-state index >= 15 is 0 Å². The van der Waals surface area contributed by atoms with Crippen molar-refractivity contribution in [2.45, 2.75) is 20.8 Å². The van der Waals surface area contributed by atoms with Crippen molar-refractivity contribution in [3.8, 4) is 11.1 Å². The Morgan fingerprint density at radius 1 is 1.00 bits per heavy atom. The summed E-state index contributed by atoms with van der Waals surface area (Å²) in [6.45, 7) is 5.81. The number of aryl methyl sites for hydroxylation is 3. The van der Waals surface area contributed by atoms with Crippen molar-refractivity contribution in [2.24, 2.45) is 0 Å². The molecule has 0 saturated heterocycles. The second-order valence-electron chi connectivity index (χ2n) is 5.69. The molecule has 24 heavy (non-hydrogen) atoms. The lowest BCUT2D eigenvalue weighted by Gasteiger charge is -2.15. The Bertz CT molecular complexity index is 955. The molecule has 2 rings (SSSR count). The second-order valence-corrected chi connectivity index (χ2v) is 10.2. The highest BCUT2D eigenvalue weighted by molar-refractivity contribution is 8.59. The Hall–Kier alpha value is -1.99. The molecule has 128 valence electrons. The average molecular weight is 366 g/mol. The van der Waals surface area contributed by atoms with Gasteiger partial charge in [-0.25, -0.2) is 16.8 Å². The van der Waals surface area contributed by atoms with Crippen molar-refractivity contribution in [3.63, 3.8) is 0 Å². The Kier molecular flexibility index (Phi) is 5.25. The van der Waals surface area contributed by atoms with Gasteiger partial charge in [-0.05, 0) is 43.0 Å². The smallest absolute Gasteiger partial charge is 0.258 e. The van der Waals surface area contributed by atoms with Gasteiger partial charge in [-0.3, -0.25) is 4.79 Å². The van der Waals surface area contributed by atoms with Crippen LogP contribution < -0.4 is 0 Å². The van der Waals surface area contributed by atoms with Gasteiger partial charge in [0.05, 0.1) is 0 Å². The summed E-state index contributed by atoms with van der Waals surface area (Å²) in [5.74, 6) is -1.78. The minimum Gasteiger partial charge on any atom is -0.293 e. The summed E-state index contributed by atoms with van der Waals surface area (Å²) >= 11 is 0. The molecular weight excluding hydrogens is 348 g/mol. The standard InChI is InChI=1S/C17H18O5S2/c1-11-8-12(2)17(13(3)9-11)15-7-5-4-6-14(15)16(18)10-24(21,22)23(19)20/h4-9,23H,10H2,1-3H3. The zero-order valence-corrected chi connectivity index (χ0v) is 15.3. The van der Waals surface area contributed by atoms with Crippen LogP contribution in [0.15, 0.2) is 36.4 Å². The average Bonchev–Trinajstić information content (AvgIpc) is 2.46. The quantitative estimate of drug-likeness (QED) is 0.499. The minimum absolute atomic E-state index is 0.202. The van der Waals surface area contributed by atoms with Crippen molar-refractivity contribution < 1.29 is 21.6 Å². The molecule has 0 atom stereocenters. The van der Waals surface area contributed by atoms with Gasteiger partial charge < -0.3 is 0 Å². The van der Waals surface area contributed by atoms with Crippen molar-refractivity contribution in [1.29, 1.82) is 0 Å². The lowest BCUT2D eigenvalue weighted by molar-refractivity contribution is 0.102. The lowest BCUT2D eigenvalue weighted by atomic mass is 9.90.